The van der Waals surface area contributed by atoms with Crippen LogP contribution in [-0.4, -0.2) is 4.98 Å². The molecule has 5 N–H and O–H groups in total. The number of hydrogen-bond acceptors (Lipinski definition) is 4. The van der Waals surface area contributed by atoms with Crippen molar-refractivity contribution in [2.24, 2.45) is 0 Å². The van der Waals surface area contributed by atoms with Crippen molar-refractivity contribution >= 4 is 23.0 Å². The zero-order chi connectivity index (χ0) is 11.5. The van der Waals surface area contributed by atoms with Crippen molar-refractivity contribution in [3.63, 3.8) is 0 Å². The largest absolute Gasteiger partial charge is 0.396 e. The van der Waals surface area contributed by atoms with E-state index in [-0.39, 0.29) is 0 Å². The van der Waals surface area contributed by atoms with Crippen molar-refractivity contribution in [3.8, 4) is 0 Å². The van der Waals surface area contributed by atoms with Gasteiger partial charge in [0.05, 0.1) is 5.69 Å². The SMILES string of the molecule is Cc1cccc(Nc2ccc(N)c(N)n2)c1. The predicted molar refractivity (Wildman–Crippen MR) is 67.5 cm³/mol. The lowest BCUT2D eigenvalue weighted by atomic mass is 10.2. The van der Waals surface area contributed by atoms with Gasteiger partial charge in [-0.1, -0.05) is 12.1 Å². The molecular weight excluding hydrogens is 200 g/mol. The van der Waals surface area contributed by atoms with Crippen molar-refractivity contribution in [1.82, 2.24) is 4.98 Å². The molecule has 0 aliphatic rings. The Morgan fingerprint density at radius 1 is 1.12 bits per heavy atom. The standard InChI is InChI=1S/C12H14N4/c1-8-3-2-4-9(7-8)15-11-6-5-10(13)12(14)16-11/h2-7H,13H2,1H3,(H3,14,15,16). The third-order valence-electron chi connectivity index (χ3n) is 2.25. The lowest BCUT2D eigenvalue weighted by molar-refractivity contribution is 1.31. The van der Waals surface area contributed by atoms with E-state index in [9.17, 15) is 0 Å². The van der Waals surface area contributed by atoms with Crippen LogP contribution in [0.3, 0.4) is 0 Å². The highest BCUT2D eigenvalue weighted by atomic mass is 15.0. The van der Waals surface area contributed by atoms with Crippen molar-refractivity contribution in [2.75, 3.05) is 16.8 Å². The Labute approximate surface area is 94.3 Å². The zero-order valence-electron chi connectivity index (χ0n) is 9.07. The minimum Gasteiger partial charge on any atom is -0.396 e. The highest BCUT2D eigenvalue weighted by Crippen LogP contribution is 2.19. The van der Waals surface area contributed by atoms with Crippen LogP contribution in [0.25, 0.3) is 0 Å². The van der Waals surface area contributed by atoms with Crippen LogP contribution in [0.15, 0.2) is 36.4 Å². The summed E-state index contributed by atoms with van der Waals surface area (Å²) in [6, 6.07) is 11.6. The quantitative estimate of drug-likeness (QED) is 0.716. The molecule has 4 nitrogen and oxygen atoms in total. The first-order chi connectivity index (χ1) is 7.65. The molecule has 0 spiro atoms. The maximum atomic E-state index is 5.63. The number of aromatic nitrogens is 1. The fourth-order valence-electron chi connectivity index (χ4n) is 1.43. The molecule has 2 rings (SSSR count). The first kappa shape index (κ1) is 10.3. The Morgan fingerprint density at radius 2 is 1.94 bits per heavy atom. The molecule has 0 atom stereocenters. The van der Waals surface area contributed by atoms with Crippen molar-refractivity contribution < 1.29 is 0 Å². The highest BCUT2D eigenvalue weighted by molar-refractivity contribution is 5.65. The second kappa shape index (κ2) is 4.10. The van der Waals surface area contributed by atoms with E-state index < -0.39 is 0 Å². The number of anilines is 4. The molecule has 0 saturated carbocycles. The summed E-state index contributed by atoms with van der Waals surface area (Å²) in [5.74, 6) is 1.04. The van der Waals surface area contributed by atoms with Gasteiger partial charge in [-0.25, -0.2) is 4.98 Å². The van der Waals surface area contributed by atoms with Crippen molar-refractivity contribution in [2.45, 2.75) is 6.92 Å². The van der Waals surface area contributed by atoms with E-state index in [1.54, 1.807) is 12.1 Å². The van der Waals surface area contributed by atoms with Crippen LogP contribution in [0.5, 0.6) is 0 Å². The molecular formula is C12H14N4. The molecule has 2 aromatic rings. The van der Waals surface area contributed by atoms with E-state index in [0.717, 1.165) is 5.69 Å². The van der Waals surface area contributed by atoms with Gasteiger partial charge in [0.25, 0.3) is 0 Å². The van der Waals surface area contributed by atoms with Crippen LogP contribution in [0, 0.1) is 6.92 Å². The number of pyridine rings is 1. The van der Waals surface area contributed by atoms with E-state index in [2.05, 4.69) is 10.3 Å². The maximum absolute atomic E-state index is 5.63. The van der Waals surface area contributed by atoms with Gasteiger partial charge in [-0.3, -0.25) is 0 Å². The molecule has 0 aliphatic heterocycles. The number of nitrogens with two attached hydrogens (primary N) is 2. The van der Waals surface area contributed by atoms with E-state index in [4.69, 9.17) is 11.5 Å². The van der Waals surface area contributed by atoms with Gasteiger partial charge in [-0.05, 0) is 36.8 Å². The van der Waals surface area contributed by atoms with E-state index in [1.807, 2.05) is 31.2 Å². The second-order valence-electron chi connectivity index (χ2n) is 3.67. The van der Waals surface area contributed by atoms with Gasteiger partial charge in [0.2, 0.25) is 0 Å². The number of rotatable bonds is 2. The first-order valence-corrected chi connectivity index (χ1v) is 5.01. The summed E-state index contributed by atoms with van der Waals surface area (Å²) in [4.78, 5) is 4.14. The van der Waals surface area contributed by atoms with Gasteiger partial charge >= 0.3 is 0 Å². The van der Waals surface area contributed by atoms with Crippen LogP contribution >= 0.6 is 0 Å². The van der Waals surface area contributed by atoms with Crippen LogP contribution < -0.4 is 16.8 Å². The van der Waals surface area contributed by atoms with E-state index in [1.165, 1.54) is 5.56 Å². The lowest BCUT2D eigenvalue weighted by Gasteiger charge is -2.07. The third-order valence-corrected chi connectivity index (χ3v) is 2.25. The summed E-state index contributed by atoms with van der Waals surface area (Å²) in [5, 5.41) is 3.17. The molecule has 0 amide bonds. The van der Waals surface area contributed by atoms with Crippen molar-refractivity contribution in [3.05, 3.63) is 42.0 Å². The number of aryl methyl sites for hydroxylation is 1. The Morgan fingerprint density at radius 3 is 2.62 bits per heavy atom. The molecule has 0 bridgehead atoms. The number of hydrogen-bond donors (Lipinski definition) is 3. The van der Waals surface area contributed by atoms with E-state index >= 15 is 0 Å². The van der Waals surface area contributed by atoms with Gasteiger partial charge < -0.3 is 16.8 Å². The molecule has 1 heterocycles. The molecule has 0 fully saturated rings. The second-order valence-corrected chi connectivity index (χ2v) is 3.67. The number of nitrogen functional groups attached to an aromatic ring is 2. The van der Waals surface area contributed by atoms with Gasteiger partial charge in [-0.15, -0.1) is 0 Å². The third kappa shape index (κ3) is 2.23. The number of nitrogens with one attached hydrogen (secondary N) is 1. The molecule has 4 heteroatoms. The minimum atomic E-state index is 0.345. The normalized spacial score (nSPS) is 10.1. The fraction of sp³-hybridized carbons (Fsp3) is 0.0833. The van der Waals surface area contributed by atoms with Crippen LogP contribution in [0.2, 0.25) is 0 Å². The average Bonchev–Trinajstić information content (AvgIpc) is 2.24. The number of nitrogens with zero attached hydrogens (tertiary/aromatic N) is 1. The molecule has 0 radical (unpaired) electrons. The highest BCUT2D eigenvalue weighted by Gasteiger charge is 1.99. The smallest absolute Gasteiger partial charge is 0.149 e. The lowest BCUT2D eigenvalue weighted by Crippen LogP contribution is -2.01. The van der Waals surface area contributed by atoms with Crippen LogP contribution in [-0.2, 0) is 0 Å². The summed E-state index contributed by atoms with van der Waals surface area (Å²) in [5.41, 5.74) is 13.9. The summed E-state index contributed by atoms with van der Waals surface area (Å²) in [6.45, 7) is 2.04. The predicted octanol–water partition coefficient (Wildman–Crippen LogP) is 2.30. The Bertz CT molecular complexity index is 508. The summed E-state index contributed by atoms with van der Waals surface area (Å²) >= 11 is 0. The van der Waals surface area contributed by atoms with E-state index in [0.29, 0.717) is 17.3 Å². The van der Waals surface area contributed by atoms with Crippen LogP contribution in [0.1, 0.15) is 5.56 Å². The van der Waals surface area contributed by atoms with Crippen LogP contribution in [0.4, 0.5) is 23.0 Å². The van der Waals surface area contributed by atoms with Gasteiger partial charge in [-0.2, -0.15) is 0 Å². The van der Waals surface area contributed by atoms with Gasteiger partial charge in [0.1, 0.15) is 11.6 Å². The average molecular weight is 214 g/mol. The number of benzene rings is 1. The molecule has 82 valence electrons. The fourth-order valence-corrected chi connectivity index (χ4v) is 1.43. The molecule has 0 unspecified atom stereocenters. The Hall–Kier alpha value is -2.23. The Kier molecular flexibility index (Phi) is 2.64. The first-order valence-electron chi connectivity index (χ1n) is 5.01. The topological polar surface area (TPSA) is 77.0 Å². The zero-order valence-corrected chi connectivity index (χ0v) is 9.07. The minimum absolute atomic E-state index is 0.345. The summed E-state index contributed by atoms with van der Waals surface area (Å²) in [6.07, 6.45) is 0. The molecule has 16 heavy (non-hydrogen) atoms. The maximum Gasteiger partial charge on any atom is 0.149 e. The Balaban J connectivity index is 2.24. The molecule has 0 aliphatic carbocycles. The monoisotopic (exact) mass is 214 g/mol. The molecule has 1 aromatic carbocycles. The van der Waals surface area contributed by atoms with Crippen molar-refractivity contribution in [1.29, 1.82) is 0 Å². The van der Waals surface area contributed by atoms with Gasteiger partial charge in [0.15, 0.2) is 0 Å². The summed E-state index contributed by atoms with van der Waals surface area (Å²) < 4.78 is 0. The molecule has 1 aromatic heterocycles. The molecule has 0 saturated heterocycles. The van der Waals surface area contributed by atoms with Gasteiger partial charge in [0, 0.05) is 5.69 Å². The summed E-state index contributed by atoms with van der Waals surface area (Å²) in [7, 11) is 0.